The number of thiophene rings is 1. The lowest BCUT2D eigenvalue weighted by Crippen LogP contribution is -2.39. The standard InChI is InChI=1S/C10H11N3O4S/c11-13-8(15)7(14)12-9-6(10(16)17)4-2-1-3-5(4)18-9/h1-3,11H2,(H,12,14)(H,13,15)(H,16,17). The van der Waals surface area contributed by atoms with Gasteiger partial charge in [-0.25, -0.2) is 10.6 Å². The molecule has 0 atom stereocenters. The highest BCUT2D eigenvalue weighted by Crippen LogP contribution is 2.38. The maximum absolute atomic E-state index is 11.4. The van der Waals surface area contributed by atoms with Crippen LogP contribution in [0.15, 0.2) is 0 Å². The fraction of sp³-hybridized carbons (Fsp3) is 0.300. The number of carbonyl (C=O) groups excluding carboxylic acids is 2. The molecule has 18 heavy (non-hydrogen) atoms. The third kappa shape index (κ3) is 2.07. The van der Waals surface area contributed by atoms with Gasteiger partial charge < -0.3 is 10.4 Å². The van der Waals surface area contributed by atoms with Gasteiger partial charge in [0.25, 0.3) is 0 Å². The Labute approximate surface area is 106 Å². The highest BCUT2D eigenvalue weighted by Gasteiger charge is 2.28. The van der Waals surface area contributed by atoms with Crippen LogP contribution in [0.1, 0.15) is 27.2 Å². The number of nitrogens with two attached hydrogens (primary N) is 1. The Hall–Kier alpha value is -1.93. The molecular formula is C10H11N3O4S. The van der Waals surface area contributed by atoms with E-state index in [9.17, 15) is 14.4 Å². The molecule has 1 aliphatic rings. The van der Waals surface area contributed by atoms with Crippen LogP contribution in [0.3, 0.4) is 0 Å². The Balaban J connectivity index is 2.31. The van der Waals surface area contributed by atoms with Gasteiger partial charge in [0.2, 0.25) is 0 Å². The van der Waals surface area contributed by atoms with Crippen LogP contribution in [0.5, 0.6) is 0 Å². The van der Waals surface area contributed by atoms with Gasteiger partial charge in [-0.15, -0.1) is 11.3 Å². The fourth-order valence-electron chi connectivity index (χ4n) is 1.94. The Kier molecular flexibility index (Phi) is 3.30. The van der Waals surface area contributed by atoms with E-state index >= 15 is 0 Å². The highest BCUT2D eigenvalue weighted by molar-refractivity contribution is 7.17. The van der Waals surface area contributed by atoms with Crippen LogP contribution in [-0.4, -0.2) is 22.9 Å². The van der Waals surface area contributed by atoms with E-state index in [1.54, 1.807) is 5.43 Å². The van der Waals surface area contributed by atoms with Crippen molar-refractivity contribution in [1.82, 2.24) is 5.43 Å². The number of fused-ring (bicyclic) bond motifs is 1. The number of carbonyl (C=O) groups is 3. The second kappa shape index (κ2) is 4.75. The van der Waals surface area contributed by atoms with E-state index in [-0.39, 0.29) is 10.6 Å². The Bertz CT molecular complexity index is 537. The van der Waals surface area contributed by atoms with Crippen molar-refractivity contribution in [1.29, 1.82) is 0 Å². The number of hydrogen-bond donors (Lipinski definition) is 4. The largest absolute Gasteiger partial charge is 0.478 e. The molecule has 0 aromatic carbocycles. The van der Waals surface area contributed by atoms with E-state index in [0.717, 1.165) is 23.3 Å². The summed E-state index contributed by atoms with van der Waals surface area (Å²) in [5, 5.41) is 11.6. The summed E-state index contributed by atoms with van der Waals surface area (Å²) in [4.78, 5) is 34.5. The van der Waals surface area contributed by atoms with Crippen molar-refractivity contribution >= 4 is 34.1 Å². The first-order chi connectivity index (χ1) is 8.54. The van der Waals surface area contributed by atoms with Crippen LogP contribution in [0.4, 0.5) is 5.00 Å². The molecule has 0 aliphatic heterocycles. The Morgan fingerprint density at radius 3 is 2.56 bits per heavy atom. The topological polar surface area (TPSA) is 122 Å². The van der Waals surface area contributed by atoms with E-state index in [2.05, 4.69) is 5.32 Å². The molecule has 0 bridgehead atoms. The Morgan fingerprint density at radius 1 is 1.22 bits per heavy atom. The molecule has 1 aliphatic carbocycles. The molecule has 0 saturated carbocycles. The van der Waals surface area contributed by atoms with Gasteiger partial charge in [0, 0.05) is 4.88 Å². The van der Waals surface area contributed by atoms with E-state index < -0.39 is 17.8 Å². The number of anilines is 1. The second-order valence-corrected chi connectivity index (χ2v) is 4.90. The van der Waals surface area contributed by atoms with Gasteiger partial charge in [-0.2, -0.15) is 0 Å². The normalized spacial score (nSPS) is 12.9. The van der Waals surface area contributed by atoms with Crippen LogP contribution in [0, 0.1) is 0 Å². The first kappa shape index (κ1) is 12.5. The number of aromatic carboxylic acids is 1. The van der Waals surface area contributed by atoms with Crippen LogP contribution in [-0.2, 0) is 22.4 Å². The maximum atomic E-state index is 11.4. The van der Waals surface area contributed by atoms with Crippen molar-refractivity contribution in [3.05, 3.63) is 16.0 Å². The summed E-state index contributed by atoms with van der Waals surface area (Å²) < 4.78 is 0. The summed E-state index contributed by atoms with van der Waals surface area (Å²) >= 11 is 1.20. The van der Waals surface area contributed by atoms with Crippen molar-refractivity contribution in [2.24, 2.45) is 5.84 Å². The van der Waals surface area contributed by atoms with E-state index in [0.29, 0.717) is 6.42 Å². The van der Waals surface area contributed by atoms with E-state index in [4.69, 9.17) is 10.9 Å². The third-order valence-electron chi connectivity index (χ3n) is 2.70. The molecule has 0 unspecified atom stereocenters. The molecule has 1 heterocycles. The molecule has 2 rings (SSSR count). The number of carboxylic acids is 1. The maximum Gasteiger partial charge on any atom is 0.339 e. The minimum Gasteiger partial charge on any atom is -0.478 e. The van der Waals surface area contributed by atoms with Crippen molar-refractivity contribution in [3.8, 4) is 0 Å². The minimum absolute atomic E-state index is 0.0886. The number of rotatable bonds is 2. The second-order valence-electron chi connectivity index (χ2n) is 3.79. The highest BCUT2D eigenvalue weighted by atomic mass is 32.1. The summed E-state index contributed by atoms with van der Waals surface area (Å²) in [6.45, 7) is 0. The molecule has 1 aromatic heterocycles. The molecule has 1 aromatic rings. The van der Waals surface area contributed by atoms with Crippen molar-refractivity contribution < 1.29 is 19.5 Å². The van der Waals surface area contributed by atoms with Gasteiger partial charge in [0.05, 0.1) is 5.56 Å². The van der Waals surface area contributed by atoms with Gasteiger partial charge in [-0.3, -0.25) is 15.0 Å². The minimum atomic E-state index is -1.10. The smallest absolute Gasteiger partial charge is 0.339 e. The van der Waals surface area contributed by atoms with Crippen LogP contribution >= 0.6 is 11.3 Å². The zero-order valence-corrected chi connectivity index (χ0v) is 10.1. The summed E-state index contributed by atoms with van der Waals surface area (Å²) in [6.07, 6.45) is 2.41. The predicted molar refractivity (Wildman–Crippen MR) is 64.3 cm³/mol. The van der Waals surface area contributed by atoms with E-state index in [1.165, 1.54) is 11.3 Å². The molecule has 2 amide bonds. The number of aryl methyl sites for hydroxylation is 1. The zero-order chi connectivity index (χ0) is 13.3. The molecule has 0 spiro atoms. The Morgan fingerprint density at radius 2 is 1.94 bits per heavy atom. The van der Waals surface area contributed by atoms with E-state index in [1.807, 2.05) is 0 Å². The first-order valence-corrected chi connectivity index (χ1v) is 6.06. The fourth-order valence-corrected chi connectivity index (χ4v) is 3.22. The van der Waals surface area contributed by atoms with Gasteiger partial charge >= 0.3 is 17.8 Å². The van der Waals surface area contributed by atoms with Crippen LogP contribution in [0.25, 0.3) is 0 Å². The molecule has 5 N–H and O–H groups in total. The lowest BCUT2D eigenvalue weighted by molar-refractivity contribution is -0.136. The number of amides is 2. The monoisotopic (exact) mass is 269 g/mol. The summed E-state index contributed by atoms with van der Waals surface area (Å²) in [7, 11) is 0. The average molecular weight is 269 g/mol. The van der Waals surface area contributed by atoms with Gasteiger partial charge in [-0.05, 0) is 24.8 Å². The zero-order valence-electron chi connectivity index (χ0n) is 9.28. The molecule has 0 saturated heterocycles. The van der Waals surface area contributed by atoms with Crippen molar-refractivity contribution in [3.63, 3.8) is 0 Å². The quantitative estimate of drug-likeness (QED) is 0.258. The number of nitrogens with one attached hydrogen (secondary N) is 2. The lowest BCUT2D eigenvalue weighted by atomic mass is 10.1. The number of hydrogen-bond acceptors (Lipinski definition) is 5. The predicted octanol–water partition coefficient (Wildman–Crippen LogP) is -0.137. The summed E-state index contributed by atoms with van der Waals surface area (Å²) in [5.41, 5.74) is 2.54. The first-order valence-electron chi connectivity index (χ1n) is 5.24. The molecule has 0 radical (unpaired) electrons. The van der Waals surface area contributed by atoms with Crippen molar-refractivity contribution in [2.45, 2.75) is 19.3 Å². The molecular weight excluding hydrogens is 258 g/mol. The summed E-state index contributed by atoms with van der Waals surface area (Å²) in [5.74, 6) is 1.74. The third-order valence-corrected chi connectivity index (χ3v) is 3.91. The van der Waals surface area contributed by atoms with Gasteiger partial charge in [0.15, 0.2) is 0 Å². The molecule has 8 heteroatoms. The number of hydrazine groups is 1. The molecule has 0 fully saturated rings. The summed E-state index contributed by atoms with van der Waals surface area (Å²) in [6, 6.07) is 0. The molecule has 7 nitrogen and oxygen atoms in total. The van der Waals surface area contributed by atoms with Crippen molar-refractivity contribution in [2.75, 3.05) is 5.32 Å². The molecule has 96 valence electrons. The van der Waals surface area contributed by atoms with Crippen LogP contribution < -0.4 is 16.6 Å². The van der Waals surface area contributed by atoms with Gasteiger partial charge in [0.1, 0.15) is 5.00 Å². The van der Waals surface area contributed by atoms with Gasteiger partial charge in [-0.1, -0.05) is 0 Å². The van der Waals surface area contributed by atoms with Crippen LogP contribution in [0.2, 0.25) is 0 Å². The lowest BCUT2D eigenvalue weighted by Gasteiger charge is -2.03. The number of carboxylic acid groups (broad SMARTS) is 1. The SMILES string of the molecule is NNC(=O)C(=O)Nc1sc2c(c1C(=O)O)CCC2. The average Bonchev–Trinajstić information content (AvgIpc) is 2.86.